The normalized spacial score (nSPS) is 11.1. The number of amides is 1. The number of hydrogen-bond acceptors (Lipinski definition) is 6. The van der Waals surface area contributed by atoms with E-state index in [2.05, 4.69) is 25.5 Å². The number of nitrogens with one attached hydrogen (secondary N) is 1. The van der Waals surface area contributed by atoms with Crippen LogP contribution in [0.1, 0.15) is 42.6 Å². The number of rotatable bonds is 6. The zero-order valence-corrected chi connectivity index (χ0v) is 15.4. The van der Waals surface area contributed by atoms with Crippen LogP contribution in [-0.4, -0.2) is 37.4 Å². The average molecular weight is 354 g/mol. The first-order chi connectivity index (χ1) is 12.5. The van der Waals surface area contributed by atoms with E-state index >= 15 is 0 Å². The number of aryl methyl sites for hydroxylation is 1. The minimum absolute atomic E-state index is 0.136. The molecule has 0 spiro atoms. The van der Waals surface area contributed by atoms with Gasteiger partial charge < -0.3 is 9.84 Å². The van der Waals surface area contributed by atoms with Crippen molar-refractivity contribution in [2.45, 2.75) is 34.1 Å². The van der Waals surface area contributed by atoms with Gasteiger partial charge in [-0.3, -0.25) is 4.79 Å². The lowest BCUT2D eigenvalue weighted by Gasteiger charge is -2.08. The van der Waals surface area contributed by atoms with Crippen molar-refractivity contribution in [3.63, 3.8) is 0 Å². The summed E-state index contributed by atoms with van der Waals surface area (Å²) in [6.07, 6.45) is 3.91. The molecule has 0 unspecified atom stereocenters. The molecule has 0 saturated heterocycles. The number of aromatic nitrogens is 5. The van der Waals surface area contributed by atoms with E-state index < -0.39 is 0 Å². The summed E-state index contributed by atoms with van der Waals surface area (Å²) in [5.41, 5.74) is 2.00. The molecule has 0 aliphatic heterocycles. The highest BCUT2D eigenvalue weighted by Crippen LogP contribution is 2.20. The maximum Gasteiger partial charge on any atom is 0.258 e. The molecule has 0 radical (unpaired) electrons. The third-order valence-corrected chi connectivity index (χ3v) is 3.92. The fraction of sp³-hybridized carbons (Fsp3) is 0.389. The van der Waals surface area contributed by atoms with Crippen LogP contribution >= 0.6 is 0 Å². The molecule has 0 aromatic carbocycles. The minimum atomic E-state index is -0.136. The van der Waals surface area contributed by atoms with Crippen LogP contribution in [-0.2, 0) is 6.42 Å². The van der Waals surface area contributed by atoms with Gasteiger partial charge in [-0.1, -0.05) is 25.9 Å². The lowest BCUT2D eigenvalue weighted by molar-refractivity contribution is 0.0948. The maximum absolute atomic E-state index is 12.3. The van der Waals surface area contributed by atoms with Gasteiger partial charge in [-0.15, -0.1) is 0 Å². The Bertz CT molecular complexity index is 912. The van der Waals surface area contributed by atoms with E-state index in [9.17, 15) is 4.79 Å². The molecule has 3 rings (SSSR count). The summed E-state index contributed by atoms with van der Waals surface area (Å²) < 4.78 is 6.91. The lowest BCUT2D eigenvalue weighted by Crippen LogP contribution is -2.27. The van der Waals surface area contributed by atoms with Gasteiger partial charge >= 0.3 is 0 Å². The highest BCUT2D eigenvalue weighted by Gasteiger charge is 2.17. The van der Waals surface area contributed by atoms with Gasteiger partial charge in [-0.05, 0) is 25.0 Å². The van der Waals surface area contributed by atoms with E-state index in [4.69, 9.17) is 4.52 Å². The zero-order chi connectivity index (χ0) is 18.7. The third kappa shape index (κ3) is 3.63. The van der Waals surface area contributed by atoms with Crippen LogP contribution in [0.3, 0.4) is 0 Å². The van der Waals surface area contributed by atoms with Gasteiger partial charge in [0.05, 0.1) is 17.5 Å². The molecule has 0 atom stereocenters. The summed E-state index contributed by atoms with van der Waals surface area (Å²) >= 11 is 0. The molecule has 0 aliphatic carbocycles. The zero-order valence-electron chi connectivity index (χ0n) is 15.4. The summed E-state index contributed by atoms with van der Waals surface area (Å²) in [6.45, 7) is 8.52. The number of carbonyl (C=O) groups excluding carboxylic acids is 1. The van der Waals surface area contributed by atoms with Gasteiger partial charge in [0.25, 0.3) is 11.8 Å². The second kappa shape index (κ2) is 7.47. The van der Waals surface area contributed by atoms with E-state index in [1.54, 1.807) is 23.1 Å². The van der Waals surface area contributed by atoms with Crippen molar-refractivity contribution in [3.05, 3.63) is 41.6 Å². The molecule has 136 valence electrons. The molecule has 0 aliphatic rings. The maximum atomic E-state index is 12.3. The monoisotopic (exact) mass is 354 g/mol. The molecular weight excluding hydrogens is 332 g/mol. The third-order valence-electron chi connectivity index (χ3n) is 3.92. The quantitative estimate of drug-likeness (QED) is 0.730. The number of nitrogens with zero attached hydrogens (tertiary/aromatic N) is 5. The molecular formula is C18H22N6O2. The first kappa shape index (κ1) is 17.8. The Balaban J connectivity index is 1.88. The Labute approximate surface area is 151 Å². The van der Waals surface area contributed by atoms with Crippen molar-refractivity contribution >= 4 is 5.91 Å². The Morgan fingerprint density at radius 2 is 2.19 bits per heavy atom. The highest BCUT2D eigenvalue weighted by molar-refractivity contribution is 5.95. The van der Waals surface area contributed by atoms with Crippen molar-refractivity contribution in [2.75, 3.05) is 6.54 Å². The van der Waals surface area contributed by atoms with Crippen molar-refractivity contribution in [1.82, 2.24) is 30.2 Å². The van der Waals surface area contributed by atoms with Gasteiger partial charge in [0.15, 0.2) is 11.6 Å². The highest BCUT2D eigenvalue weighted by atomic mass is 16.5. The van der Waals surface area contributed by atoms with Crippen LogP contribution in [0, 0.1) is 12.8 Å². The average Bonchev–Trinajstić information content (AvgIpc) is 3.26. The number of carbonyl (C=O) groups is 1. The summed E-state index contributed by atoms with van der Waals surface area (Å²) in [7, 11) is 0. The van der Waals surface area contributed by atoms with Gasteiger partial charge in [0, 0.05) is 24.7 Å². The van der Waals surface area contributed by atoms with E-state index in [0.29, 0.717) is 42.0 Å². The fourth-order valence-electron chi connectivity index (χ4n) is 2.44. The van der Waals surface area contributed by atoms with Gasteiger partial charge in [0.1, 0.15) is 0 Å². The molecule has 0 saturated carbocycles. The second-order valence-electron chi connectivity index (χ2n) is 6.43. The molecule has 0 fully saturated rings. The Kier molecular flexibility index (Phi) is 5.11. The Morgan fingerprint density at radius 3 is 2.88 bits per heavy atom. The summed E-state index contributed by atoms with van der Waals surface area (Å²) in [4.78, 5) is 21.0. The molecule has 3 aromatic rings. The predicted octanol–water partition coefficient (Wildman–Crippen LogP) is 2.57. The van der Waals surface area contributed by atoms with Crippen LogP contribution in [0.5, 0.6) is 0 Å². The van der Waals surface area contributed by atoms with Gasteiger partial charge in [0.2, 0.25) is 0 Å². The molecule has 0 bridgehead atoms. The fourth-order valence-corrected chi connectivity index (χ4v) is 2.44. The molecule has 3 heterocycles. The molecule has 1 N–H and O–H groups in total. The molecule has 8 nitrogen and oxygen atoms in total. The smallest absolute Gasteiger partial charge is 0.258 e. The minimum Gasteiger partial charge on any atom is -0.352 e. The predicted molar refractivity (Wildman–Crippen MR) is 95.9 cm³/mol. The van der Waals surface area contributed by atoms with E-state index in [1.165, 1.54) is 0 Å². The molecule has 26 heavy (non-hydrogen) atoms. The number of pyridine rings is 1. The van der Waals surface area contributed by atoms with Crippen LogP contribution in [0.15, 0.2) is 29.0 Å². The van der Waals surface area contributed by atoms with Crippen LogP contribution in [0.2, 0.25) is 0 Å². The van der Waals surface area contributed by atoms with Crippen molar-refractivity contribution in [1.29, 1.82) is 0 Å². The van der Waals surface area contributed by atoms with Crippen molar-refractivity contribution < 1.29 is 9.32 Å². The van der Waals surface area contributed by atoms with Crippen molar-refractivity contribution in [2.24, 2.45) is 5.92 Å². The Morgan fingerprint density at radius 1 is 1.38 bits per heavy atom. The first-order valence-corrected chi connectivity index (χ1v) is 8.61. The summed E-state index contributed by atoms with van der Waals surface area (Å²) in [6, 6.07) is 3.61. The van der Waals surface area contributed by atoms with Gasteiger partial charge in [-0.25, -0.2) is 9.67 Å². The van der Waals surface area contributed by atoms with E-state index in [0.717, 1.165) is 11.3 Å². The SMILES string of the molecule is CCc1noc(-c2ccnc(-n3ncc(C(=O)NCC(C)C)c3C)c2)n1. The van der Waals surface area contributed by atoms with E-state index in [-0.39, 0.29) is 5.91 Å². The lowest BCUT2D eigenvalue weighted by atomic mass is 10.2. The van der Waals surface area contributed by atoms with Crippen LogP contribution in [0.4, 0.5) is 0 Å². The first-order valence-electron chi connectivity index (χ1n) is 8.61. The van der Waals surface area contributed by atoms with E-state index in [1.807, 2.05) is 33.8 Å². The molecule has 3 aromatic heterocycles. The van der Waals surface area contributed by atoms with Gasteiger partial charge in [-0.2, -0.15) is 10.1 Å². The Hall–Kier alpha value is -3.03. The molecule has 1 amide bonds. The van der Waals surface area contributed by atoms with Crippen LogP contribution < -0.4 is 5.32 Å². The topological polar surface area (TPSA) is 98.7 Å². The largest absolute Gasteiger partial charge is 0.352 e. The van der Waals surface area contributed by atoms with Crippen LogP contribution in [0.25, 0.3) is 17.3 Å². The summed E-state index contributed by atoms with van der Waals surface area (Å²) in [5.74, 6) is 1.92. The molecule has 8 heteroatoms. The van der Waals surface area contributed by atoms with Crippen molar-refractivity contribution in [3.8, 4) is 17.3 Å². The summed E-state index contributed by atoms with van der Waals surface area (Å²) in [5, 5.41) is 11.1. The number of hydrogen-bond donors (Lipinski definition) is 1. The standard InChI is InChI=1S/C18H22N6O2/c1-5-15-22-18(26-23-15)13-6-7-19-16(8-13)24-12(4)14(10-21-24)17(25)20-9-11(2)3/h6-8,10-11H,5,9H2,1-4H3,(H,20,25). The second-order valence-corrected chi connectivity index (χ2v) is 6.43.